The molecule has 3 aromatic rings. The Bertz CT molecular complexity index is 1900. The number of carbonyl (C=O) groups is 5. The summed E-state index contributed by atoms with van der Waals surface area (Å²) in [7, 11) is 7.01. The fourth-order valence-electron chi connectivity index (χ4n) is 7.63. The minimum atomic E-state index is -0.840. The van der Waals surface area contributed by atoms with Crippen molar-refractivity contribution in [1.29, 1.82) is 0 Å². The van der Waals surface area contributed by atoms with E-state index in [0.717, 1.165) is 47.7 Å². The molecule has 3 heterocycles. The van der Waals surface area contributed by atoms with Crippen molar-refractivity contribution in [1.82, 2.24) is 30.4 Å². The van der Waals surface area contributed by atoms with E-state index in [4.69, 9.17) is 9.47 Å². The molecule has 0 spiro atoms. The van der Waals surface area contributed by atoms with Crippen LogP contribution in [0, 0.1) is 17.8 Å². The van der Waals surface area contributed by atoms with Crippen molar-refractivity contribution < 1.29 is 33.4 Å². The maximum atomic E-state index is 14.3. The third kappa shape index (κ3) is 15.4. The maximum absolute atomic E-state index is 14.3. The maximum Gasteiger partial charge on any atom is 0.308 e. The minimum Gasteiger partial charge on any atom is -0.466 e. The quantitative estimate of drug-likeness (QED) is 0.0701. The Labute approximate surface area is 380 Å². The molecule has 1 fully saturated rings. The Hall–Kier alpha value is -3.99. The fraction of sp³-hybridized carbons (Fsp3) is 0.587. The van der Waals surface area contributed by atoms with Crippen LogP contribution in [0.4, 0.5) is 0 Å². The first-order chi connectivity index (χ1) is 29.6. The van der Waals surface area contributed by atoms with E-state index in [1.807, 2.05) is 65.1 Å². The van der Waals surface area contributed by atoms with Crippen molar-refractivity contribution in [3.63, 3.8) is 0 Å². The number of benzene rings is 1. The van der Waals surface area contributed by atoms with Crippen molar-refractivity contribution in [3.05, 3.63) is 75.9 Å². The fourth-order valence-corrected chi connectivity index (χ4v) is 10.5. The third-order valence-corrected chi connectivity index (χ3v) is 14.6. The number of piperidine rings is 1. The summed E-state index contributed by atoms with van der Waals surface area (Å²) in [4.78, 5) is 79.7. The predicted molar refractivity (Wildman–Crippen MR) is 247 cm³/mol. The molecule has 0 radical (unpaired) electrons. The van der Waals surface area contributed by atoms with E-state index in [1.165, 1.54) is 18.3 Å². The van der Waals surface area contributed by atoms with Gasteiger partial charge in [-0.2, -0.15) is 0 Å². The molecule has 62 heavy (non-hydrogen) atoms. The predicted octanol–water partition coefficient (Wildman–Crippen LogP) is 7.90. The summed E-state index contributed by atoms with van der Waals surface area (Å²) in [6.45, 7) is 14.0. The van der Waals surface area contributed by atoms with Gasteiger partial charge in [-0.25, -0.2) is 9.97 Å². The highest BCUT2D eigenvalue weighted by Crippen LogP contribution is 2.33. The number of ether oxygens (including phenoxy) is 2. The molecular formula is C46H66N6O7S3. The minimum absolute atomic E-state index is 0.0528. The summed E-state index contributed by atoms with van der Waals surface area (Å²) in [5.41, 5.74) is 2.31. The van der Waals surface area contributed by atoms with Gasteiger partial charge in [0.2, 0.25) is 11.8 Å². The second kappa shape index (κ2) is 25.3. The molecule has 1 saturated heterocycles. The van der Waals surface area contributed by atoms with Gasteiger partial charge in [0, 0.05) is 49.8 Å². The standard InChI is InChI=1S/C46H66N6O7S3/c1-10-30(5)41(50-43(55)37-16-13-15-23-51(37)8)45(56)52(9)38(29(3)4)26-39(59-32(7)53)44-49-36(28-60-44)42(54)48-35(24-31(6)46(57)58-11-2)25-33-18-20-34(21-19-33)27-61-62-40-17-12-14-22-47-40/h12,14,17-22,28-31,35,37-39,41H,10-11,13,15-16,23-27H2,1-9H3,(H,48,54)(H,50,55)/t30-,31-,35+,37+,38+,39+,41-/m0/s1. The molecule has 1 aromatic carbocycles. The number of likely N-dealkylation sites (tertiary alicyclic amines) is 1. The molecule has 13 nitrogen and oxygen atoms in total. The Morgan fingerprint density at radius 2 is 1.71 bits per heavy atom. The smallest absolute Gasteiger partial charge is 0.308 e. The largest absolute Gasteiger partial charge is 0.466 e. The van der Waals surface area contributed by atoms with E-state index in [9.17, 15) is 24.0 Å². The van der Waals surface area contributed by atoms with Gasteiger partial charge in [0.1, 0.15) is 21.8 Å². The summed E-state index contributed by atoms with van der Waals surface area (Å²) >= 11 is 1.21. The SMILES string of the molecule is CCOC(=O)[C@@H](C)C[C@H](Cc1ccc(CSSc2ccccn2)cc1)NC(=O)c1csc([C@@H](C[C@H](C(C)C)N(C)C(=O)[C@@H](NC(=O)[C@H]2CCCCN2C)[C@@H](C)CC)OC(C)=O)n1. The second-order valence-corrected chi connectivity index (χ2v) is 19.8. The van der Waals surface area contributed by atoms with Crippen LogP contribution in [0.1, 0.15) is 120 Å². The molecule has 1 aliphatic heterocycles. The lowest BCUT2D eigenvalue weighted by atomic mass is 9.92. The highest BCUT2D eigenvalue weighted by Gasteiger charge is 2.37. The summed E-state index contributed by atoms with van der Waals surface area (Å²) in [6.07, 6.45) is 5.45. The van der Waals surface area contributed by atoms with Crippen LogP contribution < -0.4 is 10.6 Å². The van der Waals surface area contributed by atoms with Crippen molar-refractivity contribution >= 4 is 62.6 Å². The molecule has 0 aliphatic carbocycles. The highest BCUT2D eigenvalue weighted by molar-refractivity contribution is 8.76. The lowest BCUT2D eigenvalue weighted by molar-refractivity contribution is -0.149. The monoisotopic (exact) mass is 910 g/mol. The third-order valence-electron chi connectivity index (χ3n) is 11.4. The number of nitrogens with one attached hydrogen (secondary N) is 2. The number of esters is 2. The van der Waals surface area contributed by atoms with Gasteiger partial charge in [-0.15, -0.1) is 11.3 Å². The number of amides is 3. The Morgan fingerprint density at radius 1 is 0.984 bits per heavy atom. The van der Waals surface area contributed by atoms with Crippen LogP contribution in [0.15, 0.2) is 59.1 Å². The first-order valence-corrected chi connectivity index (χ1v) is 25.0. The van der Waals surface area contributed by atoms with E-state index in [1.54, 1.807) is 59.0 Å². The van der Waals surface area contributed by atoms with Crippen LogP contribution in [-0.4, -0.2) is 101 Å². The molecule has 2 aromatic heterocycles. The lowest BCUT2D eigenvalue weighted by Gasteiger charge is -2.38. The van der Waals surface area contributed by atoms with Crippen molar-refractivity contribution in [2.24, 2.45) is 17.8 Å². The average molecular weight is 911 g/mol. The molecule has 340 valence electrons. The van der Waals surface area contributed by atoms with E-state index in [2.05, 4.69) is 37.6 Å². The molecule has 2 N–H and O–H groups in total. The zero-order valence-electron chi connectivity index (χ0n) is 37.8. The van der Waals surface area contributed by atoms with Gasteiger partial charge in [-0.1, -0.05) is 88.6 Å². The molecule has 4 rings (SSSR count). The normalized spacial score (nSPS) is 17.2. The van der Waals surface area contributed by atoms with Crippen molar-refractivity contribution in [2.75, 3.05) is 27.2 Å². The topological polar surface area (TPSA) is 160 Å². The van der Waals surface area contributed by atoms with Crippen LogP contribution in [0.3, 0.4) is 0 Å². The van der Waals surface area contributed by atoms with Gasteiger partial charge in [-0.3, -0.25) is 28.9 Å². The molecule has 3 amide bonds. The number of carbonyl (C=O) groups excluding carboxylic acids is 5. The first-order valence-electron chi connectivity index (χ1n) is 21.8. The van der Waals surface area contributed by atoms with Gasteiger partial charge in [0.05, 0.1) is 18.6 Å². The number of hydrogen-bond acceptors (Lipinski definition) is 13. The molecule has 0 saturated carbocycles. The molecule has 7 atom stereocenters. The number of rotatable bonds is 23. The summed E-state index contributed by atoms with van der Waals surface area (Å²) in [6, 6.07) is 12.3. The Balaban J connectivity index is 1.48. The van der Waals surface area contributed by atoms with Gasteiger partial charge >= 0.3 is 11.9 Å². The number of hydrogen-bond donors (Lipinski definition) is 2. The average Bonchev–Trinajstić information content (AvgIpc) is 3.75. The first kappa shape index (κ1) is 50.7. The van der Waals surface area contributed by atoms with E-state index < -0.39 is 42.0 Å². The number of likely N-dealkylation sites (N-methyl/N-ethyl adjacent to an activating group) is 2. The van der Waals surface area contributed by atoms with E-state index in [-0.39, 0.29) is 54.4 Å². The van der Waals surface area contributed by atoms with Crippen LogP contribution in [0.25, 0.3) is 0 Å². The van der Waals surface area contributed by atoms with Crippen LogP contribution in [0.5, 0.6) is 0 Å². The van der Waals surface area contributed by atoms with Gasteiger partial charge in [0.15, 0.2) is 6.10 Å². The van der Waals surface area contributed by atoms with Crippen LogP contribution >= 0.6 is 32.9 Å². The lowest BCUT2D eigenvalue weighted by Crippen LogP contribution is -2.58. The van der Waals surface area contributed by atoms with Crippen molar-refractivity contribution in [2.45, 2.75) is 134 Å². The number of nitrogens with zero attached hydrogens (tertiary/aromatic N) is 4. The van der Waals surface area contributed by atoms with Gasteiger partial charge < -0.3 is 25.0 Å². The molecule has 1 aliphatic rings. The highest BCUT2D eigenvalue weighted by atomic mass is 33.1. The number of pyridine rings is 1. The van der Waals surface area contributed by atoms with E-state index in [0.29, 0.717) is 24.3 Å². The molecule has 0 unspecified atom stereocenters. The van der Waals surface area contributed by atoms with E-state index >= 15 is 0 Å². The van der Waals surface area contributed by atoms with Gasteiger partial charge in [0.25, 0.3) is 5.91 Å². The van der Waals surface area contributed by atoms with Gasteiger partial charge in [-0.05, 0) is 92.1 Å². The zero-order chi connectivity index (χ0) is 45.3. The van der Waals surface area contributed by atoms with Crippen molar-refractivity contribution in [3.8, 4) is 0 Å². The second-order valence-electron chi connectivity index (χ2n) is 16.6. The molecule has 0 bridgehead atoms. The summed E-state index contributed by atoms with van der Waals surface area (Å²) < 4.78 is 11.1. The molecule has 16 heteroatoms. The summed E-state index contributed by atoms with van der Waals surface area (Å²) in [5.74, 6) is -1.45. The van der Waals surface area contributed by atoms with Crippen LogP contribution in [-0.2, 0) is 40.8 Å². The number of aromatic nitrogens is 2. The van der Waals surface area contributed by atoms with Crippen LogP contribution in [0.2, 0.25) is 0 Å². The zero-order valence-corrected chi connectivity index (χ0v) is 40.2. The summed E-state index contributed by atoms with van der Waals surface area (Å²) in [5, 5.41) is 9.24. The number of thiazole rings is 1. The Kier molecular flexibility index (Phi) is 20.7. The Morgan fingerprint density at radius 3 is 2.34 bits per heavy atom. The molecular weight excluding hydrogens is 845 g/mol.